The van der Waals surface area contributed by atoms with Crippen molar-refractivity contribution in [1.29, 1.82) is 0 Å². The summed E-state index contributed by atoms with van der Waals surface area (Å²) >= 11 is 5.95. The standard InChI is InChI=1S/C17H15ClN2O2/c1-12(21)20(10-13-5-3-2-4-6-13)11-17-19-15-9-14(18)7-8-16(15)22-17/h2-9H,10-11H2,1H3. The summed E-state index contributed by atoms with van der Waals surface area (Å²) in [6.07, 6.45) is 0. The lowest BCUT2D eigenvalue weighted by Crippen LogP contribution is -2.27. The van der Waals surface area contributed by atoms with Crippen molar-refractivity contribution in [2.24, 2.45) is 0 Å². The third-order valence-electron chi connectivity index (χ3n) is 3.38. The summed E-state index contributed by atoms with van der Waals surface area (Å²) in [5.41, 5.74) is 2.44. The Labute approximate surface area is 133 Å². The summed E-state index contributed by atoms with van der Waals surface area (Å²) in [6, 6.07) is 15.1. The van der Waals surface area contributed by atoms with E-state index in [1.54, 1.807) is 30.0 Å². The van der Waals surface area contributed by atoms with Gasteiger partial charge in [0.05, 0.1) is 6.54 Å². The van der Waals surface area contributed by atoms with Crippen LogP contribution in [0.15, 0.2) is 52.9 Å². The van der Waals surface area contributed by atoms with Crippen molar-refractivity contribution in [3.8, 4) is 0 Å². The third kappa shape index (κ3) is 3.28. The number of benzene rings is 2. The molecule has 5 heteroatoms. The second-order valence-corrected chi connectivity index (χ2v) is 5.52. The fourth-order valence-electron chi connectivity index (χ4n) is 2.26. The molecule has 3 rings (SSSR count). The first-order valence-corrected chi connectivity index (χ1v) is 7.34. The van der Waals surface area contributed by atoms with E-state index in [1.807, 2.05) is 30.3 Å². The van der Waals surface area contributed by atoms with E-state index in [2.05, 4.69) is 4.98 Å². The molecule has 0 radical (unpaired) electrons. The van der Waals surface area contributed by atoms with E-state index in [9.17, 15) is 4.79 Å². The van der Waals surface area contributed by atoms with E-state index in [0.29, 0.717) is 35.1 Å². The summed E-state index contributed by atoms with van der Waals surface area (Å²) in [6.45, 7) is 2.40. The molecule has 22 heavy (non-hydrogen) atoms. The lowest BCUT2D eigenvalue weighted by Gasteiger charge is -2.19. The Bertz CT molecular complexity index is 799. The molecule has 0 spiro atoms. The summed E-state index contributed by atoms with van der Waals surface area (Å²) in [7, 11) is 0. The third-order valence-corrected chi connectivity index (χ3v) is 3.62. The van der Waals surface area contributed by atoms with Crippen molar-refractivity contribution in [2.45, 2.75) is 20.0 Å². The summed E-state index contributed by atoms with van der Waals surface area (Å²) < 4.78 is 5.68. The first-order valence-electron chi connectivity index (χ1n) is 6.96. The van der Waals surface area contributed by atoms with Gasteiger partial charge in [-0.2, -0.15) is 0 Å². The number of hydrogen-bond donors (Lipinski definition) is 0. The maximum Gasteiger partial charge on any atom is 0.220 e. The first-order chi connectivity index (χ1) is 10.6. The van der Waals surface area contributed by atoms with Crippen LogP contribution in [0.3, 0.4) is 0 Å². The van der Waals surface area contributed by atoms with E-state index in [4.69, 9.17) is 16.0 Å². The largest absolute Gasteiger partial charge is 0.439 e. The van der Waals surface area contributed by atoms with Crippen molar-refractivity contribution in [1.82, 2.24) is 9.88 Å². The average Bonchev–Trinajstić information content (AvgIpc) is 2.89. The molecule has 0 bridgehead atoms. The Kier molecular flexibility index (Phi) is 4.11. The van der Waals surface area contributed by atoms with Crippen LogP contribution in [0.1, 0.15) is 18.4 Å². The quantitative estimate of drug-likeness (QED) is 0.730. The summed E-state index contributed by atoms with van der Waals surface area (Å²) in [5, 5.41) is 0.611. The normalized spacial score (nSPS) is 10.8. The fraction of sp³-hybridized carbons (Fsp3) is 0.176. The fourth-order valence-corrected chi connectivity index (χ4v) is 2.43. The van der Waals surface area contributed by atoms with Crippen LogP contribution in [0.4, 0.5) is 0 Å². The van der Waals surface area contributed by atoms with Crippen molar-refractivity contribution < 1.29 is 9.21 Å². The Morgan fingerprint density at radius 2 is 1.95 bits per heavy atom. The topological polar surface area (TPSA) is 46.3 Å². The Morgan fingerprint density at radius 3 is 2.68 bits per heavy atom. The van der Waals surface area contributed by atoms with Gasteiger partial charge in [-0.1, -0.05) is 41.9 Å². The van der Waals surface area contributed by atoms with Gasteiger partial charge in [-0.25, -0.2) is 4.98 Å². The summed E-state index contributed by atoms with van der Waals surface area (Å²) in [4.78, 5) is 17.9. The molecule has 0 saturated carbocycles. The van der Waals surface area contributed by atoms with Crippen LogP contribution < -0.4 is 0 Å². The van der Waals surface area contributed by atoms with Gasteiger partial charge in [0.15, 0.2) is 5.58 Å². The molecule has 1 heterocycles. The number of carbonyl (C=O) groups is 1. The van der Waals surface area contributed by atoms with Gasteiger partial charge in [-0.3, -0.25) is 4.79 Å². The first kappa shape index (κ1) is 14.6. The van der Waals surface area contributed by atoms with Crippen LogP contribution in [0.2, 0.25) is 5.02 Å². The zero-order chi connectivity index (χ0) is 15.5. The van der Waals surface area contributed by atoms with Gasteiger partial charge in [0.25, 0.3) is 0 Å². The maximum absolute atomic E-state index is 11.9. The van der Waals surface area contributed by atoms with Gasteiger partial charge < -0.3 is 9.32 Å². The number of nitrogens with zero attached hydrogens (tertiary/aromatic N) is 2. The number of carbonyl (C=O) groups excluding carboxylic acids is 1. The molecule has 0 aliphatic heterocycles. The van der Waals surface area contributed by atoms with Gasteiger partial charge in [0.1, 0.15) is 5.52 Å². The smallest absolute Gasteiger partial charge is 0.220 e. The molecule has 0 saturated heterocycles. The molecular formula is C17H15ClN2O2. The number of aromatic nitrogens is 1. The molecule has 2 aromatic carbocycles. The molecule has 3 aromatic rings. The van der Waals surface area contributed by atoms with E-state index < -0.39 is 0 Å². The van der Waals surface area contributed by atoms with E-state index >= 15 is 0 Å². The van der Waals surface area contributed by atoms with Crippen LogP contribution in [0, 0.1) is 0 Å². The van der Waals surface area contributed by atoms with Crippen molar-refractivity contribution in [2.75, 3.05) is 0 Å². The molecule has 0 N–H and O–H groups in total. The Morgan fingerprint density at radius 1 is 1.18 bits per heavy atom. The molecule has 0 atom stereocenters. The maximum atomic E-state index is 11.9. The highest BCUT2D eigenvalue weighted by molar-refractivity contribution is 6.31. The highest BCUT2D eigenvalue weighted by Crippen LogP contribution is 2.21. The molecule has 112 valence electrons. The molecule has 1 amide bonds. The zero-order valence-electron chi connectivity index (χ0n) is 12.1. The minimum absolute atomic E-state index is 0.0239. The number of oxazole rings is 1. The highest BCUT2D eigenvalue weighted by atomic mass is 35.5. The Balaban J connectivity index is 1.81. The van der Waals surface area contributed by atoms with Gasteiger partial charge in [0.2, 0.25) is 11.8 Å². The van der Waals surface area contributed by atoms with Crippen LogP contribution >= 0.6 is 11.6 Å². The van der Waals surface area contributed by atoms with Crippen LogP contribution in [-0.4, -0.2) is 15.8 Å². The van der Waals surface area contributed by atoms with Gasteiger partial charge in [-0.15, -0.1) is 0 Å². The van der Waals surface area contributed by atoms with E-state index in [-0.39, 0.29) is 5.91 Å². The minimum atomic E-state index is -0.0239. The molecule has 0 aliphatic carbocycles. The highest BCUT2D eigenvalue weighted by Gasteiger charge is 2.14. The second-order valence-electron chi connectivity index (χ2n) is 5.08. The number of fused-ring (bicyclic) bond motifs is 1. The van der Waals surface area contributed by atoms with E-state index in [1.165, 1.54) is 0 Å². The van der Waals surface area contributed by atoms with Crippen LogP contribution in [0.25, 0.3) is 11.1 Å². The molecule has 1 aromatic heterocycles. The minimum Gasteiger partial charge on any atom is -0.439 e. The molecule has 0 fully saturated rings. The van der Waals surface area contributed by atoms with Crippen molar-refractivity contribution in [3.05, 3.63) is 65.0 Å². The number of rotatable bonds is 4. The van der Waals surface area contributed by atoms with Gasteiger partial charge in [-0.05, 0) is 23.8 Å². The van der Waals surface area contributed by atoms with Gasteiger partial charge in [0, 0.05) is 18.5 Å². The predicted octanol–water partition coefficient (Wildman–Crippen LogP) is 4.03. The molecule has 4 nitrogen and oxygen atoms in total. The lowest BCUT2D eigenvalue weighted by atomic mass is 10.2. The monoisotopic (exact) mass is 314 g/mol. The second kappa shape index (κ2) is 6.20. The predicted molar refractivity (Wildman–Crippen MR) is 85.4 cm³/mol. The van der Waals surface area contributed by atoms with Crippen molar-refractivity contribution in [3.63, 3.8) is 0 Å². The summed E-state index contributed by atoms with van der Waals surface area (Å²) in [5.74, 6) is 0.479. The molecule has 0 unspecified atom stereocenters. The average molecular weight is 315 g/mol. The van der Waals surface area contributed by atoms with E-state index in [0.717, 1.165) is 5.56 Å². The van der Waals surface area contributed by atoms with Crippen LogP contribution in [0.5, 0.6) is 0 Å². The number of amides is 1. The molecular weight excluding hydrogens is 300 g/mol. The number of halogens is 1. The van der Waals surface area contributed by atoms with Gasteiger partial charge >= 0.3 is 0 Å². The van der Waals surface area contributed by atoms with Crippen LogP contribution in [-0.2, 0) is 17.9 Å². The number of hydrogen-bond acceptors (Lipinski definition) is 3. The lowest BCUT2D eigenvalue weighted by molar-refractivity contribution is -0.130. The SMILES string of the molecule is CC(=O)N(Cc1ccccc1)Cc1nc2cc(Cl)ccc2o1. The van der Waals surface area contributed by atoms with Crippen molar-refractivity contribution >= 4 is 28.6 Å². The zero-order valence-corrected chi connectivity index (χ0v) is 12.9. The molecule has 0 aliphatic rings. The Hall–Kier alpha value is -2.33.